The van der Waals surface area contributed by atoms with Crippen molar-refractivity contribution < 1.29 is 13.9 Å². The predicted molar refractivity (Wildman–Crippen MR) is 79.2 cm³/mol. The fourth-order valence-electron chi connectivity index (χ4n) is 2.66. The van der Waals surface area contributed by atoms with E-state index in [-0.39, 0.29) is 17.0 Å². The van der Waals surface area contributed by atoms with E-state index in [1.54, 1.807) is 17.0 Å². The molecule has 2 aliphatic heterocycles. The van der Waals surface area contributed by atoms with Crippen LogP contribution in [-0.4, -0.2) is 44.0 Å². The predicted octanol–water partition coefficient (Wildman–Crippen LogP) is 1.70. The summed E-state index contributed by atoms with van der Waals surface area (Å²) in [4.78, 5) is 15.4. The third kappa shape index (κ3) is 2.62. The molecule has 0 radical (unpaired) electrons. The van der Waals surface area contributed by atoms with Gasteiger partial charge in [0.25, 0.3) is 0 Å². The Labute approximate surface area is 122 Å². The maximum Gasteiger partial charge on any atom is 0.228 e. The van der Waals surface area contributed by atoms with Crippen molar-refractivity contribution >= 4 is 29.9 Å². The second-order valence-corrected chi connectivity index (χ2v) is 5.83. The minimum Gasteiger partial charge on any atom is -0.378 e. The quantitative estimate of drug-likeness (QED) is 0.843. The highest BCUT2D eigenvalue weighted by atomic mass is 32.1. The molecule has 1 amide bonds. The average Bonchev–Trinajstić information content (AvgIpc) is 2.78. The molecule has 1 atom stereocenters. The lowest BCUT2D eigenvalue weighted by Crippen LogP contribution is -2.36. The lowest BCUT2D eigenvalue weighted by atomic mass is 10.2. The molecule has 0 bridgehead atoms. The highest BCUT2D eigenvalue weighted by Crippen LogP contribution is 2.29. The van der Waals surface area contributed by atoms with Gasteiger partial charge in [-0.25, -0.2) is 4.39 Å². The zero-order chi connectivity index (χ0) is 14.1. The van der Waals surface area contributed by atoms with Crippen molar-refractivity contribution in [2.75, 3.05) is 42.6 Å². The van der Waals surface area contributed by atoms with Crippen molar-refractivity contribution in [1.82, 2.24) is 0 Å². The third-order valence-corrected chi connectivity index (χ3v) is 4.05. The van der Waals surface area contributed by atoms with Crippen molar-refractivity contribution in [2.45, 2.75) is 11.7 Å². The Morgan fingerprint density at radius 2 is 2.05 bits per heavy atom. The Hall–Kier alpha value is -1.27. The van der Waals surface area contributed by atoms with Crippen LogP contribution in [0.25, 0.3) is 0 Å². The SMILES string of the molecule is O=C1CC(S)CN1c1ccc(N2CCOCC2)c(F)c1. The lowest BCUT2D eigenvalue weighted by molar-refractivity contribution is -0.117. The fraction of sp³-hybridized carbons (Fsp3) is 0.500. The van der Waals surface area contributed by atoms with Gasteiger partial charge in [0.05, 0.1) is 18.9 Å². The number of hydrogen-bond acceptors (Lipinski definition) is 4. The third-order valence-electron chi connectivity index (χ3n) is 3.70. The first kappa shape index (κ1) is 13.7. The van der Waals surface area contributed by atoms with Crippen molar-refractivity contribution in [2.24, 2.45) is 0 Å². The normalized spacial score (nSPS) is 23.5. The Bertz CT molecular complexity index is 520. The van der Waals surface area contributed by atoms with Gasteiger partial charge in [-0.3, -0.25) is 4.79 Å². The standard InChI is InChI=1S/C14H17FN2O2S/c15-12-7-10(17-9-11(20)8-14(17)18)1-2-13(12)16-3-5-19-6-4-16/h1-2,7,11,20H,3-6,8-9H2. The van der Waals surface area contributed by atoms with Gasteiger partial charge in [-0.1, -0.05) is 0 Å². The average molecular weight is 296 g/mol. The van der Waals surface area contributed by atoms with Crippen LogP contribution in [-0.2, 0) is 9.53 Å². The summed E-state index contributed by atoms with van der Waals surface area (Å²) in [6.07, 6.45) is 0.413. The topological polar surface area (TPSA) is 32.8 Å². The molecule has 3 rings (SSSR count). The lowest BCUT2D eigenvalue weighted by Gasteiger charge is -2.29. The maximum absolute atomic E-state index is 14.3. The van der Waals surface area contributed by atoms with Gasteiger partial charge in [0, 0.05) is 37.0 Å². The summed E-state index contributed by atoms with van der Waals surface area (Å²) < 4.78 is 19.5. The Morgan fingerprint density at radius 3 is 2.65 bits per heavy atom. The highest BCUT2D eigenvalue weighted by Gasteiger charge is 2.29. The number of hydrogen-bond donors (Lipinski definition) is 1. The summed E-state index contributed by atoms with van der Waals surface area (Å²) in [5.41, 5.74) is 1.19. The molecule has 108 valence electrons. The summed E-state index contributed by atoms with van der Waals surface area (Å²) in [5, 5.41) is 0.0319. The number of halogens is 1. The molecule has 0 spiro atoms. The molecule has 1 aromatic rings. The molecule has 2 fully saturated rings. The summed E-state index contributed by atoms with van der Waals surface area (Å²) >= 11 is 4.31. The van der Waals surface area contributed by atoms with Gasteiger partial charge < -0.3 is 14.5 Å². The largest absolute Gasteiger partial charge is 0.378 e. The van der Waals surface area contributed by atoms with Crippen LogP contribution in [0.15, 0.2) is 18.2 Å². The monoisotopic (exact) mass is 296 g/mol. The van der Waals surface area contributed by atoms with Crippen LogP contribution < -0.4 is 9.80 Å². The summed E-state index contributed by atoms with van der Waals surface area (Å²) in [5.74, 6) is -0.289. The van der Waals surface area contributed by atoms with Crippen LogP contribution >= 0.6 is 12.6 Å². The first-order valence-corrected chi connectivity index (χ1v) is 7.27. The zero-order valence-electron chi connectivity index (χ0n) is 11.1. The number of carbonyl (C=O) groups is 1. The van der Waals surface area contributed by atoms with E-state index >= 15 is 0 Å². The molecule has 2 aliphatic rings. The van der Waals surface area contributed by atoms with Crippen molar-refractivity contribution in [1.29, 1.82) is 0 Å². The first-order chi connectivity index (χ1) is 9.65. The molecule has 0 N–H and O–H groups in total. The van der Waals surface area contributed by atoms with Crippen molar-refractivity contribution in [3.8, 4) is 0 Å². The number of thiol groups is 1. The number of ether oxygens (including phenoxy) is 1. The van der Waals surface area contributed by atoms with Crippen LogP contribution in [0.1, 0.15) is 6.42 Å². The summed E-state index contributed by atoms with van der Waals surface area (Å²) in [6, 6.07) is 4.99. The molecular formula is C14H17FN2O2S. The molecular weight excluding hydrogens is 279 g/mol. The molecule has 2 heterocycles. The van der Waals surface area contributed by atoms with Crippen LogP contribution in [0.4, 0.5) is 15.8 Å². The number of rotatable bonds is 2. The van der Waals surface area contributed by atoms with E-state index in [9.17, 15) is 9.18 Å². The second-order valence-electron chi connectivity index (χ2n) is 5.10. The van der Waals surface area contributed by atoms with Gasteiger partial charge in [-0.15, -0.1) is 0 Å². The first-order valence-electron chi connectivity index (χ1n) is 6.76. The number of nitrogens with zero attached hydrogens (tertiary/aromatic N) is 2. The van der Waals surface area contributed by atoms with E-state index in [0.717, 1.165) is 0 Å². The van der Waals surface area contributed by atoms with Crippen molar-refractivity contribution in [3.63, 3.8) is 0 Å². The van der Waals surface area contributed by atoms with E-state index in [4.69, 9.17) is 4.74 Å². The van der Waals surface area contributed by atoms with Gasteiger partial charge in [0.2, 0.25) is 5.91 Å². The number of amides is 1. The Morgan fingerprint density at radius 1 is 1.30 bits per heavy atom. The number of morpholine rings is 1. The van der Waals surface area contributed by atoms with Crippen LogP contribution in [0.2, 0.25) is 0 Å². The minimum atomic E-state index is -0.292. The Kier molecular flexibility index (Phi) is 3.85. The van der Waals surface area contributed by atoms with Gasteiger partial charge in [-0.2, -0.15) is 12.6 Å². The smallest absolute Gasteiger partial charge is 0.228 e. The number of benzene rings is 1. The molecule has 0 saturated carbocycles. The van der Waals surface area contributed by atoms with E-state index in [1.165, 1.54) is 6.07 Å². The van der Waals surface area contributed by atoms with Gasteiger partial charge in [0.15, 0.2) is 0 Å². The molecule has 4 nitrogen and oxygen atoms in total. The molecule has 20 heavy (non-hydrogen) atoms. The highest BCUT2D eigenvalue weighted by molar-refractivity contribution is 7.81. The molecule has 0 aliphatic carbocycles. The van der Waals surface area contributed by atoms with E-state index < -0.39 is 0 Å². The molecule has 0 aromatic heterocycles. The van der Waals surface area contributed by atoms with Gasteiger partial charge >= 0.3 is 0 Å². The van der Waals surface area contributed by atoms with Crippen LogP contribution in [0.5, 0.6) is 0 Å². The molecule has 6 heteroatoms. The summed E-state index contributed by atoms with van der Waals surface area (Å²) in [7, 11) is 0. The maximum atomic E-state index is 14.3. The molecule has 1 unspecified atom stereocenters. The molecule has 2 saturated heterocycles. The van der Waals surface area contributed by atoms with E-state index in [1.807, 2.05) is 4.90 Å². The van der Waals surface area contributed by atoms with Gasteiger partial charge in [0.1, 0.15) is 5.82 Å². The van der Waals surface area contributed by atoms with E-state index in [0.29, 0.717) is 50.6 Å². The van der Waals surface area contributed by atoms with Crippen LogP contribution in [0.3, 0.4) is 0 Å². The molecule has 1 aromatic carbocycles. The van der Waals surface area contributed by atoms with Crippen LogP contribution in [0, 0.1) is 5.82 Å². The minimum absolute atomic E-state index is 0.00326. The zero-order valence-corrected chi connectivity index (χ0v) is 12.0. The Balaban J connectivity index is 1.82. The second kappa shape index (κ2) is 5.61. The van der Waals surface area contributed by atoms with Crippen molar-refractivity contribution in [3.05, 3.63) is 24.0 Å². The summed E-state index contributed by atoms with van der Waals surface area (Å²) in [6.45, 7) is 3.16. The van der Waals surface area contributed by atoms with E-state index in [2.05, 4.69) is 12.6 Å². The van der Waals surface area contributed by atoms with Gasteiger partial charge in [-0.05, 0) is 18.2 Å². The fourth-order valence-corrected chi connectivity index (χ4v) is 2.98. The number of anilines is 2. The number of carbonyl (C=O) groups excluding carboxylic acids is 1.